The molecular weight excluding hydrogens is 330 g/mol. The smallest absolute Gasteiger partial charge is 0.297 e. The van der Waals surface area contributed by atoms with Crippen LogP contribution < -0.4 is 9.44 Å². The Morgan fingerprint density at radius 3 is 2.33 bits per heavy atom. The van der Waals surface area contributed by atoms with Gasteiger partial charge in [-0.25, -0.2) is 9.36 Å². The van der Waals surface area contributed by atoms with Crippen molar-refractivity contribution in [1.29, 1.82) is 0 Å². The maximum Gasteiger partial charge on any atom is 0.390 e. The molecule has 2 heterocycles. The van der Waals surface area contributed by atoms with E-state index in [0.717, 1.165) is 22.5 Å². The van der Waals surface area contributed by atoms with Crippen molar-refractivity contribution in [3.8, 4) is 5.82 Å². The van der Waals surface area contributed by atoms with E-state index < -0.39 is 4.92 Å². The molecule has 0 bridgehead atoms. The lowest BCUT2D eigenvalue weighted by molar-refractivity contribution is -0.599. The van der Waals surface area contributed by atoms with E-state index in [4.69, 9.17) is 0 Å². The van der Waals surface area contributed by atoms with Crippen molar-refractivity contribution in [3.05, 3.63) is 84.6 Å². The Kier molecular flexibility index (Phi) is 4.30. The van der Waals surface area contributed by atoms with E-state index in [1.54, 1.807) is 29.1 Å². The first-order chi connectivity index (χ1) is 11.6. The van der Waals surface area contributed by atoms with Crippen LogP contribution in [0, 0.1) is 10.1 Å². The van der Waals surface area contributed by atoms with Crippen LogP contribution in [0.4, 0.5) is 5.69 Å². The molecule has 7 nitrogen and oxygen atoms in total. The van der Waals surface area contributed by atoms with Crippen molar-refractivity contribution in [1.82, 2.24) is 4.98 Å². The van der Waals surface area contributed by atoms with Crippen LogP contribution in [0.1, 0.15) is 20.8 Å². The molecule has 0 fully saturated rings. The van der Waals surface area contributed by atoms with Crippen molar-refractivity contribution in [2.45, 2.75) is 6.42 Å². The molecule has 8 heteroatoms. The number of rotatable bonds is 5. The van der Waals surface area contributed by atoms with Gasteiger partial charge in [-0.15, -0.1) is 0 Å². The quantitative estimate of drug-likeness (QED) is 0.332. The lowest BCUT2D eigenvalue weighted by Gasteiger charge is -2.02. The van der Waals surface area contributed by atoms with Gasteiger partial charge in [0.05, 0.1) is 17.3 Å². The number of nitrogens with zero attached hydrogens (tertiary/aromatic N) is 2. The average Bonchev–Trinajstić information content (AvgIpc) is 2.97. The van der Waals surface area contributed by atoms with E-state index in [9.17, 15) is 19.7 Å². The SMILES string of the molecule is O=Cc1sc(=O)[nH]c1-[n+]1ccc(Cc2ccc([N+](=O)[O-])cc2)cc1. The maximum absolute atomic E-state index is 11.4. The number of hydrogen-bond donors (Lipinski definition) is 1. The molecular formula is C16H12N3O4S+. The van der Waals surface area contributed by atoms with Crippen LogP contribution in [0.25, 0.3) is 5.82 Å². The number of aldehydes is 1. The van der Waals surface area contributed by atoms with Crippen LogP contribution in [0.15, 0.2) is 53.6 Å². The summed E-state index contributed by atoms with van der Waals surface area (Å²) >= 11 is 0.865. The zero-order chi connectivity index (χ0) is 17.1. The van der Waals surface area contributed by atoms with Crippen molar-refractivity contribution in [2.24, 2.45) is 0 Å². The second kappa shape index (κ2) is 6.55. The molecule has 0 radical (unpaired) electrons. The van der Waals surface area contributed by atoms with Crippen molar-refractivity contribution in [3.63, 3.8) is 0 Å². The third kappa shape index (κ3) is 3.28. The number of thiazole rings is 1. The van der Waals surface area contributed by atoms with Crippen molar-refractivity contribution >= 4 is 23.3 Å². The number of non-ortho nitro benzene ring substituents is 1. The largest absolute Gasteiger partial charge is 0.390 e. The summed E-state index contributed by atoms with van der Waals surface area (Å²) in [4.78, 5) is 35.3. The third-order valence-corrected chi connectivity index (χ3v) is 4.27. The molecule has 2 aromatic heterocycles. The highest BCUT2D eigenvalue weighted by molar-refractivity contribution is 7.11. The van der Waals surface area contributed by atoms with Gasteiger partial charge in [0.25, 0.3) is 5.69 Å². The number of benzene rings is 1. The van der Waals surface area contributed by atoms with Gasteiger partial charge in [0.15, 0.2) is 11.2 Å². The van der Waals surface area contributed by atoms with Gasteiger partial charge in [-0.2, -0.15) is 4.98 Å². The molecule has 0 aliphatic heterocycles. The number of hydrogen-bond acceptors (Lipinski definition) is 5. The molecule has 0 spiro atoms. The molecule has 0 unspecified atom stereocenters. The van der Waals surface area contributed by atoms with Crippen LogP contribution in [-0.4, -0.2) is 16.2 Å². The fourth-order valence-corrected chi connectivity index (χ4v) is 2.95. The standard InChI is InChI=1S/C16H11N3O4S/c20-10-14-15(17-16(21)24-14)18-7-5-12(6-8-18)9-11-1-3-13(4-2-11)19(22)23/h1-8,10H,9H2/p+1. The zero-order valence-corrected chi connectivity index (χ0v) is 13.2. The van der Waals surface area contributed by atoms with Crippen LogP contribution in [0.3, 0.4) is 0 Å². The summed E-state index contributed by atoms with van der Waals surface area (Å²) in [6, 6.07) is 10.1. The van der Waals surface area contributed by atoms with Gasteiger partial charge < -0.3 is 0 Å². The molecule has 0 saturated heterocycles. The number of carbonyl (C=O) groups is 1. The molecule has 1 N–H and O–H groups in total. The van der Waals surface area contributed by atoms with Gasteiger partial charge in [-0.3, -0.25) is 14.9 Å². The van der Waals surface area contributed by atoms with Gasteiger partial charge in [0.1, 0.15) is 0 Å². The number of nitro groups is 1. The van der Waals surface area contributed by atoms with Gasteiger partial charge in [-0.1, -0.05) is 12.1 Å². The Balaban J connectivity index is 1.80. The highest BCUT2D eigenvalue weighted by atomic mass is 32.1. The van der Waals surface area contributed by atoms with Crippen molar-refractivity contribution in [2.75, 3.05) is 0 Å². The zero-order valence-electron chi connectivity index (χ0n) is 12.3. The Labute approximate surface area is 140 Å². The fourth-order valence-electron chi connectivity index (χ4n) is 2.30. The molecule has 0 amide bonds. The summed E-state index contributed by atoms with van der Waals surface area (Å²) in [5.74, 6) is 0.446. The van der Waals surface area contributed by atoms with E-state index >= 15 is 0 Å². The number of carbonyl (C=O) groups excluding carboxylic acids is 1. The van der Waals surface area contributed by atoms with E-state index in [-0.39, 0.29) is 10.6 Å². The minimum Gasteiger partial charge on any atom is -0.297 e. The van der Waals surface area contributed by atoms with Crippen LogP contribution >= 0.6 is 11.3 Å². The monoisotopic (exact) mass is 342 g/mol. The minimum absolute atomic E-state index is 0.0625. The van der Waals surface area contributed by atoms with Gasteiger partial charge in [0.2, 0.25) is 0 Å². The summed E-state index contributed by atoms with van der Waals surface area (Å²) in [5.41, 5.74) is 2.02. The highest BCUT2D eigenvalue weighted by Gasteiger charge is 2.16. The number of H-pyrrole nitrogens is 1. The summed E-state index contributed by atoms with van der Waals surface area (Å²) in [5, 5.41) is 10.7. The summed E-state index contributed by atoms with van der Waals surface area (Å²) in [7, 11) is 0. The highest BCUT2D eigenvalue weighted by Crippen LogP contribution is 2.15. The topological polar surface area (TPSA) is 97.0 Å². The molecule has 3 rings (SSSR count). The van der Waals surface area contributed by atoms with Gasteiger partial charge >= 0.3 is 10.7 Å². The molecule has 24 heavy (non-hydrogen) atoms. The lowest BCUT2D eigenvalue weighted by Crippen LogP contribution is -2.31. The normalized spacial score (nSPS) is 10.5. The predicted octanol–water partition coefficient (Wildman–Crippen LogP) is 2.02. The Bertz CT molecular complexity index is 943. The molecule has 120 valence electrons. The Morgan fingerprint density at radius 1 is 1.12 bits per heavy atom. The summed E-state index contributed by atoms with van der Waals surface area (Å²) in [6.07, 6.45) is 4.78. The maximum atomic E-state index is 11.4. The molecule has 0 aliphatic rings. The second-order valence-electron chi connectivity index (χ2n) is 5.06. The van der Waals surface area contributed by atoms with Crippen LogP contribution in [-0.2, 0) is 6.42 Å². The molecule has 3 aromatic rings. The molecule has 0 aliphatic carbocycles. The van der Waals surface area contributed by atoms with E-state index in [0.29, 0.717) is 23.4 Å². The average molecular weight is 342 g/mol. The second-order valence-corrected chi connectivity index (χ2v) is 6.07. The first-order valence-electron chi connectivity index (χ1n) is 6.99. The Hall–Kier alpha value is -3.13. The first kappa shape index (κ1) is 15.8. The number of aromatic nitrogens is 2. The number of pyridine rings is 1. The molecule has 0 saturated carbocycles. The first-order valence-corrected chi connectivity index (χ1v) is 7.80. The number of nitro benzene ring substituents is 1. The number of nitrogens with one attached hydrogen (secondary N) is 1. The van der Waals surface area contributed by atoms with Gasteiger partial charge in [-0.05, 0) is 41.0 Å². The molecule has 1 aromatic carbocycles. The number of aromatic amines is 1. The van der Waals surface area contributed by atoms with Crippen LogP contribution in [0.2, 0.25) is 0 Å². The Morgan fingerprint density at radius 2 is 1.75 bits per heavy atom. The summed E-state index contributed by atoms with van der Waals surface area (Å²) in [6.45, 7) is 0. The molecule has 0 atom stereocenters. The van der Waals surface area contributed by atoms with E-state index in [1.165, 1.54) is 12.1 Å². The van der Waals surface area contributed by atoms with E-state index in [2.05, 4.69) is 4.98 Å². The summed E-state index contributed by atoms with van der Waals surface area (Å²) < 4.78 is 1.67. The lowest BCUT2D eigenvalue weighted by atomic mass is 10.1. The van der Waals surface area contributed by atoms with Crippen LogP contribution in [0.5, 0.6) is 0 Å². The predicted molar refractivity (Wildman–Crippen MR) is 87.8 cm³/mol. The van der Waals surface area contributed by atoms with Crippen molar-refractivity contribution < 1.29 is 14.3 Å². The third-order valence-electron chi connectivity index (χ3n) is 3.48. The fraction of sp³-hybridized carbons (Fsp3) is 0.0625. The minimum atomic E-state index is -0.429. The van der Waals surface area contributed by atoms with E-state index in [1.807, 2.05) is 12.1 Å². The van der Waals surface area contributed by atoms with Gasteiger partial charge in [0, 0.05) is 12.1 Å².